The molecule has 0 heterocycles. The molecule has 0 radical (unpaired) electrons. The molecule has 3 rings (SSSR count). The molecule has 0 aliphatic heterocycles. The van der Waals surface area contributed by atoms with Crippen molar-refractivity contribution in [2.24, 2.45) is 11.8 Å². The number of aliphatic hydroxyl groups is 1. The molecule has 9 nitrogen and oxygen atoms in total. The zero-order valence-corrected chi connectivity index (χ0v) is 24.0. The van der Waals surface area contributed by atoms with Crippen molar-refractivity contribution in [3.05, 3.63) is 48.5 Å². The molecule has 1 aliphatic carbocycles. The van der Waals surface area contributed by atoms with E-state index in [0.717, 1.165) is 25.7 Å². The maximum Gasteiger partial charge on any atom is 0.243 e. The minimum absolute atomic E-state index is 0.0176. The van der Waals surface area contributed by atoms with Crippen LogP contribution in [0, 0.1) is 11.8 Å². The van der Waals surface area contributed by atoms with E-state index < -0.39 is 26.2 Å². The van der Waals surface area contributed by atoms with E-state index in [-0.39, 0.29) is 53.4 Å². The topological polar surface area (TPSA) is 124 Å². The van der Waals surface area contributed by atoms with E-state index >= 15 is 0 Å². The smallest absolute Gasteiger partial charge is 0.243 e. The summed E-state index contributed by atoms with van der Waals surface area (Å²) >= 11 is 0. The molecular formula is C27H40N2O7S2. The highest BCUT2D eigenvalue weighted by atomic mass is 32.2. The summed E-state index contributed by atoms with van der Waals surface area (Å²) < 4.78 is 61.5. The number of ether oxygens (including phenoxy) is 1. The second kappa shape index (κ2) is 13.3. The number of benzene rings is 2. The number of hydrogen-bond acceptors (Lipinski definition) is 7. The third kappa shape index (κ3) is 7.92. The van der Waals surface area contributed by atoms with Crippen LogP contribution in [-0.2, 0) is 20.0 Å². The highest BCUT2D eigenvalue weighted by molar-refractivity contribution is 7.89. The minimum Gasteiger partial charge on any atom is -0.508 e. The van der Waals surface area contributed by atoms with Crippen LogP contribution < -0.4 is 4.74 Å². The Balaban J connectivity index is 1.76. The van der Waals surface area contributed by atoms with Crippen molar-refractivity contribution in [1.82, 2.24) is 8.61 Å². The standard InChI is InChI=1S/C27H40N2O7S2/c1-21(2)18-29(38(34,35)27-14-10-25(36-3)11-15-27)20-24(31)16-17-28(19-22-6-4-5-7-22)37(32,33)26-12-8-23(30)9-13-26/h8-15,21-22,24,30-31H,4-7,16-20H2,1-3H3/t24-/m0/s1. The minimum atomic E-state index is -3.89. The molecule has 0 spiro atoms. The summed E-state index contributed by atoms with van der Waals surface area (Å²) in [6, 6.07) is 11.5. The molecule has 2 aromatic rings. The van der Waals surface area contributed by atoms with Gasteiger partial charge in [-0.25, -0.2) is 16.8 Å². The molecule has 0 saturated heterocycles. The van der Waals surface area contributed by atoms with Gasteiger partial charge in [-0.05, 0) is 79.6 Å². The van der Waals surface area contributed by atoms with Gasteiger partial charge in [-0.2, -0.15) is 8.61 Å². The lowest BCUT2D eigenvalue weighted by atomic mass is 10.1. The Morgan fingerprint density at radius 1 is 0.868 bits per heavy atom. The van der Waals surface area contributed by atoms with Crippen molar-refractivity contribution in [1.29, 1.82) is 0 Å². The molecule has 1 aliphatic rings. The Labute approximate surface area is 227 Å². The molecule has 1 fully saturated rings. The molecule has 1 saturated carbocycles. The van der Waals surface area contributed by atoms with E-state index in [1.807, 2.05) is 13.8 Å². The second-order valence-electron chi connectivity index (χ2n) is 10.3. The zero-order valence-electron chi connectivity index (χ0n) is 22.4. The van der Waals surface area contributed by atoms with Gasteiger partial charge >= 0.3 is 0 Å². The third-order valence-corrected chi connectivity index (χ3v) is 10.5. The van der Waals surface area contributed by atoms with Crippen molar-refractivity contribution in [2.75, 3.05) is 33.3 Å². The Hall–Kier alpha value is -2.18. The van der Waals surface area contributed by atoms with Gasteiger partial charge in [-0.15, -0.1) is 0 Å². The normalized spacial score (nSPS) is 16.0. The Morgan fingerprint density at radius 3 is 1.92 bits per heavy atom. The number of methoxy groups -OCH3 is 1. The molecule has 0 unspecified atom stereocenters. The molecule has 2 aromatic carbocycles. The Bertz CT molecular complexity index is 1230. The highest BCUT2D eigenvalue weighted by Gasteiger charge is 2.31. The van der Waals surface area contributed by atoms with Crippen LogP contribution in [-0.4, -0.2) is 75.1 Å². The van der Waals surface area contributed by atoms with Crippen molar-refractivity contribution >= 4 is 20.0 Å². The summed E-state index contributed by atoms with van der Waals surface area (Å²) in [5, 5.41) is 20.5. The second-order valence-corrected chi connectivity index (χ2v) is 14.2. The van der Waals surface area contributed by atoms with Crippen LogP contribution in [0.15, 0.2) is 58.3 Å². The number of nitrogens with zero attached hydrogens (tertiary/aromatic N) is 2. The molecule has 11 heteroatoms. The van der Waals surface area contributed by atoms with Crippen molar-refractivity contribution < 1.29 is 31.8 Å². The largest absolute Gasteiger partial charge is 0.508 e. The fourth-order valence-corrected chi connectivity index (χ4v) is 7.92. The summed E-state index contributed by atoms with van der Waals surface area (Å²) in [6.07, 6.45) is 3.04. The van der Waals surface area contributed by atoms with E-state index in [1.165, 1.54) is 52.1 Å². The Morgan fingerprint density at radius 2 is 1.39 bits per heavy atom. The van der Waals surface area contributed by atoms with E-state index in [4.69, 9.17) is 4.74 Å². The Kier molecular flexibility index (Phi) is 10.6. The van der Waals surface area contributed by atoms with Crippen molar-refractivity contribution in [3.63, 3.8) is 0 Å². The van der Waals surface area contributed by atoms with Crippen LogP contribution in [0.2, 0.25) is 0 Å². The number of aromatic hydroxyl groups is 1. The quantitative estimate of drug-likeness (QED) is 0.356. The maximum atomic E-state index is 13.5. The summed E-state index contributed by atoms with van der Waals surface area (Å²) in [5.41, 5.74) is 0. The van der Waals surface area contributed by atoms with E-state index in [1.54, 1.807) is 12.1 Å². The van der Waals surface area contributed by atoms with Gasteiger partial charge in [-0.1, -0.05) is 26.7 Å². The van der Waals surface area contributed by atoms with Crippen LogP contribution in [0.5, 0.6) is 11.5 Å². The first kappa shape index (κ1) is 30.4. The van der Waals surface area contributed by atoms with Crippen LogP contribution >= 0.6 is 0 Å². The number of sulfonamides is 2. The molecular weight excluding hydrogens is 528 g/mol. The number of phenols is 1. The predicted octanol–water partition coefficient (Wildman–Crippen LogP) is 3.68. The molecule has 1 atom stereocenters. The van der Waals surface area contributed by atoms with E-state index in [9.17, 15) is 27.0 Å². The van der Waals surface area contributed by atoms with E-state index in [0.29, 0.717) is 12.3 Å². The van der Waals surface area contributed by atoms with Gasteiger partial charge in [0, 0.05) is 26.2 Å². The first-order valence-electron chi connectivity index (χ1n) is 13.0. The highest BCUT2D eigenvalue weighted by Crippen LogP contribution is 2.29. The van der Waals surface area contributed by atoms with Crippen molar-refractivity contribution in [3.8, 4) is 11.5 Å². The molecule has 0 amide bonds. The predicted molar refractivity (Wildman–Crippen MR) is 146 cm³/mol. The average Bonchev–Trinajstić information content (AvgIpc) is 3.39. The van der Waals surface area contributed by atoms with Gasteiger partial charge < -0.3 is 14.9 Å². The lowest BCUT2D eigenvalue weighted by Gasteiger charge is -2.29. The van der Waals surface area contributed by atoms with Gasteiger partial charge in [-0.3, -0.25) is 0 Å². The first-order chi connectivity index (χ1) is 17.9. The lowest BCUT2D eigenvalue weighted by molar-refractivity contribution is 0.125. The third-order valence-electron chi connectivity index (χ3n) is 6.80. The van der Waals surface area contributed by atoms with Crippen LogP contribution in [0.4, 0.5) is 0 Å². The van der Waals surface area contributed by atoms with Crippen LogP contribution in [0.3, 0.4) is 0 Å². The number of phenolic OH excluding ortho intramolecular Hbond substituents is 1. The van der Waals surface area contributed by atoms with Gasteiger partial charge in [0.25, 0.3) is 0 Å². The molecule has 212 valence electrons. The summed E-state index contributed by atoms with van der Waals surface area (Å²) in [5.74, 6) is 0.775. The molecule has 0 bridgehead atoms. The monoisotopic (exact) mass is 568 g/mol. The van der Waals surface area contributed by atoms with Crippen LogP contribution in [0.1, 0.15) is 46.0 Å². The fraction of sp³-hybridized carbons (Fsp3) is 0.556. The number of rotatable bonds is 14. The average molecular weight is 569 g/mol. The fourth-order valence-electron chi connectivity index (χ4n) is 4.75. The van der Waals surface area contributed by atoms with Gasteiger partial charge in [0.05, 0.1) is 23.0 Å². The summed E-state index contributed by atoms with van der Waals surface area (Å²) in [4.78, 5) is 0.176. The summed E-state index contributed by atoms with van der Waals surface area (Å²) in [7, 11) is -6.24. The van der Waals surface area contributed by atoms with Gasteiger partial charge in [0.1, 0.15) is 11.5 Å². The first-order valence-corrected chi connectivity index (χ1v) is 15.9. The van der Waals surface area contributed by atoms with Crippen molar-refractivity contribution in [2.45, 2.75) is 61.8 Å². The van der Waals surface area contributed by atoms with Gasteiger partial charge in [0.15, 0.2) is 0 Å². The lowest BCUT2D eigenvalue weighted by Crippen LogP contribution is -2.42. The molecule has 0 aromatic heterocycles. The zero-order chi connectivity index (χ0) is 27.9. The number of hydrogen-bond donors (Lipinski definition) is 2. The molecule has 2 N–H and O–H groups in total. The van der Waals surface area contributed by atoms with Gasteiger partial charge in [0.2, 0.25) is 20.0 Å². The summed E-state index contributed by atoms with van der Waals surface area (Å²) in [6.45, 7) is 4.26. The van der Waals surface area contributed by atoms with Crippen LogP contribution in [0.25, 0.3) is 0 Å². The number of aliphatic hydroxyl groups excluding tert-OH is 1. The maximum absolute atomic E-state index is 13.5. The van der Waals surface area contributed by atoms with E-state index in [2.05, 4.69) is 0 Å². The molecule has 38 heavy (non-hydrogen) atoms. The SMILES string of the molecule is COc1ccc(S(=O)(=O)N(CC(C)C)C[C@@H](O)CCN(CC2CCCC2)S(=O)(=O)c2ccc(O)cc2)cc1.